The van der Waals surface area contributed by atoms with Crippen molar-refractivity contribution >= 4 is 34.8 Å². The minimum absolute atomic E-state index is 0.546. The highest BCUT2D eigenvalue weighted by Crippen LogP contribution is 2.32. The molecule has 70 valence electrons. The summed E-state index contributed by atoms with van der Waals surface area (Å²) in [5.41, 5.74) is 0.899. The van der Waals surface area contributed by atoms with E-state index < -0.39 is 0 Å². The molecule has 0 N–H and O–H groups in total. The zero-order valence-electron chi connectivity index (χ0n) is 6.99. The predicted octanol–water partition coefficient (Wildman–Crippen LogP) is 4.77. The SMILES string of the molecule is C=CCCc1c(Cl)ccc(Cl)c1Cl. The van der Waals surface area contributed by atoms with Gasteiger partial charge >= 0.3 is 0 Å². The summed E-state index contributed by atoms with van der Waals surface area (Å²) in [5.74, 6) is 0. The Kier molecular flexibility index (Phi) is 4.11. The second-order valence-electron chi connectivity index (χ2n) is 2.65. The molecule has 1 rings (SSSR count). The van der Waals surface area contributed by atoms with E-state index in [1.807, 2.05) is 6.08 Å². The van der Waals surface area contributed by atoms with E-state index in [0.717, 1.165) is 18.4 Å². The highest BCUT2D eigenvalue weighted by molar-refractivity contribution is 6.44. The Morgan fingerprint density at radius 3 is 2.38 bits per heavy atom. The topological polar surface area (TPSA) is 0 Å². The van der Waals surface area contributed by atoms with Crippen molar-refractivity contribution in [2.45, 2.75) is 12.8 Å². The molecule has 0 heterocycles. The summed E-state index contributed by atoms with van der Waals surface area (Å²) in [4.78, 5) is 0. The van der Waals surface area contributed by atoms with E-state index in [2.05, 4.69) is 6.58 Å². The lowest BCUT2D eigenvalue weighted by molar-refractivity contribution is 1.00. The molecule has 0 atom stereocenters. The highest BCUT2D eigenvalue weighted by Gasteiger charge is 2.07. The molecule has 1 aromatic carbocycles. The first-order valence-corrected chi connectivity index (χ1v) is 5.03. The summed E-state index contributed by atoms with van der Waals surface area (Å²) in [6, 6.07) is 3.46. The monoisotopic (exact) mass is 234 g/mol. The van der Waals surface area contributed by atoms with Gasteiger partial charge in [0, 0.05) is 5.02 Å². The molecule has 3 heteroatoms. The molecule has 0 saturated carbocycles. The van der Waals surface area contributed by atoms with Crippen molar-refractivity contribution in [1.82, 2.24) is 0 Å². The summed E-state index contributed by atoms with van der Waals surface area (Å²) in [6.45, 7) is 3.64. The van der Waals surface area contributed by atoms with Crippen LogP contribution >= 0.6 is 34.8 Å². The maximum Gasteiger partial charge on any atom is 0.0639 e. The van der Waals surface area contributed by atoms with Gasteiger partial charge in [-0.2, -0.15) is 0 Å². The van der Waals surface area contributed by atoms with Gasteiger partial charge in [0.15, 0.2) is 0 Å². The molecule has 0 aliphatic rings. The standard InChI is InChI=1S/C10H9Cl3/c1-2-3-4-7-8(11)5-6-9(12)10(7)13/h2,5-6H,1,3-4H2. The van der Waals surface area contributed by atoms with Crippen LogP contribution in [0.5, 0.6) is 0 Å². The van der Waals surface area contributed by atoms with Crippen molar-refractivity contribution in [1.29, 1.82) is 0 Å². The average molecular weight is 236 g/mol. The third-order valence-corrected chi connectivity index (χ3v) is 2.93. The molecule has 1 aromatic rings. The molecular formula is C10H9Cl3. The molecule has 0 bridgehead atoms. The van der Waals surface area contributed by atoms with E-state index >= 15 is 0 Å². The zero-order valence-corrected chi connectivity index (χ0v) is 9.26. The van der Waals surface area contributed by atoms with E-state index in [1.54, 1.807) is 12.1 Å². The number of allylic oxidation sites excluding steroid dienone is 1. The molecule has 0 aromatic heterocycles. The third-order valence-electron chi connectivity index (χ3n) is 1.74. The maximum atomic E-state index is 5.98. The van der Waals surface area contributed by atoms with E-state index in [-0.39, 0.29) is 0 Å². The van der Waals surface area contributed by atoms with Gasteiger partial charge in [-0.3, -0.25) is 0 Å². The van der Waals surface area contributed by atoms with Crippen molar-refractivity contribution in [3.05, 3.63) is 45.4 Å². The summed E-state index contributed by atoms with van der Waals surface area (Å²) in [5, 5.41) is 1.76. The molecule has 0 nitrogen and oxygen atoms in total. The average Bonchev–Trinajstić information content (AvgIpc) is 2.12. The van der Waals surface area contributed by atoms with Crippen LogP contribution < -0.4 is 0 Å². The largest absolute Gasteiger partial charge is 0.103 e. The van der Waals surface area contributed by atoms with Crippen molar-refractivity contribution < 1.29 is 0 Å². The van der Waals surface area contributed by atoms with Gasteiger partial charge in [-0.25, -0.2) is 0 Å². The van der Waals surface area contributed by atoms with E-state index in [4.69, 9.17) is 34.8 Å². The fourth-order valence-corrected chi connectivity index (χ4v) is 1.78. The van der Waals surface area contributed by atoms with Gasteiger partial charge in [-0.1, -0.05) is 40.9 Å². The Labute approximate surface area is 93.1 Å². The molecule has 13 heavy (non-hydrogen) atoms. The Bertz CT molecular complexity index is 318. The molecule has 0 aliphatic carbocycles. The number of halogens is 3. The summed E-state index contributed by atoms with van der Waals surface area (Å²) < 4.78 is 0. The third kappa shape index (κ3) is 2.63. The molecule has 0 saturated heterocycles. The van der Waals surface area contributed by atoms with Gasteiger partial charge in [0.2, 0.25) is 0 Å². The van der Waals surface area contributed by atoms with Gasteiger partial charge in [0.25, 0.3) is 0 Å². The second-order valence-corrected chi connectivity index (χ2v) is 3.84. The smallest absolute Gasteiger partial charge is 0.0639 e. The van der Waals surface area contributed by atoms with Crippen molar-refractivity contribution in [2.75, 3.05) is 0 Å². The first-order chi connectivity index (χ1) is 6.16. The minimum Gasteiger partial charge on any atom is -0.103 e. The lowest BCUT2D eigenvalue weighted by Crippen LogP contribution is -1.87. The van der Waals surface area contributed by atoms with Gasteiger partial charge in [0.1, 0.15) is 0 Å². The molecule has 0 unspecified atom stereocenters. The van der Waals surface area contributed by atoms with Gasteiger partial charge in [-0.15, -0.1) is 6.58 Å². The van der Waals surface area contributed by atoms with E-state index in [9.17, 15) is 0 Å². The normalized spacial score (nSPS) is 10.1. The van der Waals surface area contributed by atoms with Crippen molar-refractivity contribution in [3.63, 3.8) is 0 Å². The Hall–Kier alpha value is -0.170. The molecule has 0 radical (unpaired) electrons. The number of hydrogen-bond acceptors (Lipinski definition) is 0. The van der Waals surface area contributed by atoms with Gasteiger partial charge in [0.05, 0.1) is 10.0 Å². The number of rotatable bonds is 3. The van der Waals surface area contributed by atoms with Crippen LogP contribution in [0.1, 0.15) is 12.0 Å². The first-order valence-electron chi connectivity index (χ1n) is 3.90. The van der Waals surface area contributed by atoms with Crippen molar-refractivity contribution in [2.24, 2.45) is 0 Å². The quantitative estimate of drug-likeness (QED) is 0.523. The van der Waals surface area contributed by atoms with Crippen LogP contribution in [0.2, 0.25) is 15.1 Å². The Morgan fingerprint density at radius 1 is 1.15 bits per heavy atom. The zero-order chi connectivity index (χ0) is 9.84. The van der Waals surface area contributed by atoms with Gasteiger partial charge < -0.3 is 0 Å². The van der Waals surface area contributed by atoms with Crippen LogP contribution in [0.25, 0.3) is 0 Å². The summed E-state index contributed by atoms with van der Waals surface area (Å²) in [6.07, 6.45) is 3.45. The number of benzene rings is 1. The first kappa shape index (κ1) is 10.9. The molecular weight excluding hydrogens is 226 g/mol. The Morgan fingerprint density at radius 2 is 1.77 bits per heavy atom. The van der Waals surface area contributed by atoms with Crippen LogP contribution in [-0.4, -0.2) is 0 Å². The van der Waals surface area contributed by atoms with Crippen LogP contribution in [0.4, 0.5) is 0 Å². The van der Waals surface area contributed by atoms with Crippen LogP contribution in [0.3, 0.4) is 0 Å². The second kappa shape index (κ2) is 4.90. The fourth-order valence-electron chi connectivity index (χ4n) is 1.04. The molecule has 0 spiro atoms. The summed E-state index contributed by atoms with van der Waals surface area (Å²) in [7, 11) is 0. The lowest BCUT2D eigenvalue weighted by atomic mass is 10.1. The summed E-state index contributed by atoms with van der Waals surface area (Å²) >= 11 is 17.8. The number of hydrogen-bond donors (Lipinski definition) is 0. The Balaban J connectivity index is 3.02. The van der Waals surface area contributed by atoms with E-state index in [1.165, 1.54) is 0 Å². The van der Waals surface area contributed by atoms with Crippen LogP contribution in [0, 0.1) is 0 Å². The highest BCUT2D eigenvalue weighted by atomic mass is 35.5. The fraction of sp³-hybridized carbons (Fsp3) is 0.200. The lowest BCUT2D eigenvalue weighted by Gasteiger charge is -2.06. The predicted molar refractivity (Wildman–Crippen MR) is 60.0 cm³/mol. The maximum absolute atomic E-state index is 5.98. The van der Waals surface area contributed by atoms with Crippen LogP contribution in [-0.2, 0) is 6.42 Å². The minimum atomic E-state index is 0.546. The van der Waals surface area contributed by atoms with Crippen LogP contribution in [0.15, 0.2) is 24.8 Å². The van der Waals surface area contributed by atoms with Gasteiger partial charge in [-0.05, 0) is 30.5 Å². The molecule has 0 fully saturated rings. The van der Waals surface area contributed by atoms with Crippen molar-refractivity contribution in [3.8, 4) is 0 Å². The molecule has 0 amide bonds. The molecule has 0 aliphatic heterocycles. The van der Waals surface area contributed by atoms with E-state index in [0.29, 0.717) is 15.1 Å².